The number of hydrazine groups is 1. The molecule has 0 aliphatic rings. The molecule has 0 amide bonds. The van der Waals surface area contributed by atoms with Crippen LogP contribution in [-0.4, -0.2) is 5.11 Å². The molecule has 0 bridgehead atoms. The molecular weight excluding hydrogens is 240 g/mol. The number of rotatable bonds is 2. The molecule has 3 aromatic rings. The van der Waals surface area contributed by atoms with Gasteiger partial charge in [0.05, 0.1) is 5.69 Å². The normalized spacial score (nSPS) is 10.8. The third-order valence-corrected chi connectivity index (χ3v) is 3.24. The van der Waals surface area contributed by atoms with Crippen molar-refractivity contribution in [3.8, 4) is 5.75 Å². The van der Waals surface area contributed by atoms with Crippen molar-refractivity contribution in [2.45, 2.75) is 0 Å². The van der Waals surface area contributed by atoms with Crippen LogP contribution < -0.4 is 11.3 Å². The van der Waals surface area contributed by atoms with Crippen molar-refractivity contribution in [3.63, 3.8) is 0 Å². The maximum absolute atomic E-state index is 9.64. The number of nitrogens with zero attached hydrogens (tertiary/aromatic N) is 1. The van der Waals surface area contributed by atoms with Gasteiger partial charge < -0.3 is 10.5 Å². The number of phenolic OH excluding ortho intramolecular Hbond substituents is 1. The second kappa shape index (κ2) is 4.22. The Bertz CT molecular complexity index is 798. The predicted octanol–water partition coefficient (Wildman–Crippen LogP) is 3.65. The van der Waals surface area contributed by atoms with Crippen LogP contribution in [-0.2, 0) is 0 Å². The summed E-state index contributed by atoms with van der Waals surface area (Å²) in [6.07, 6.45) is 0. The van der Waals surface area contributed by atoms with Crippen molar-refractivity contribution in [1.82, 2.24) is 0 Å². The lowest BCUT2D eigenvalue weighted by Crippen LogP contribution is -2.07. The Kier molecular flexibility index (Phi) is 2.54. The summed E-state index contributed by atoms with van der Waals surface area (Å²) in [6, 6.07) is 12.8. The summed E-state index contributed by atoms with van der Waals surface area (Å²) in [6.45, 7) is 0. The lowest BCUT2D eigenvalue weighted by atomic mass is 9.98. The van der Waals surface area contributed by atoms with Gasteiger partial charge in [0.2, 0.25) is 0 Å². The fourth-order valence-electron chi connectivity index (χ4n) is 2.42. The fraction of sp³-hybridized carbons (Fsp3) is 0. The predicted molar refractivity (Wildman–Crippen MR) is 75.7 cm³/mol. The molecule has 0 aromatic heterocycles. The molecule has 5 N–H and O–H groups in total. The number of phenols is 1. The van der Waals surface area contributed by atoms with Gasteiger partial charge in [0.1, 0.15) is 11.4 Å². The molecule has 5 heteroatoms. The van der Waals surface area contributed by atoms with E-state index in [0.29, 0.717) is 11.4 Å². The van der Waals surface area contributed by atoms with E-state index in [9.17, 15) is 5.11 Å². The van der Waals surface area contributed by atoms with E-state index >= 15 is 0 Å². The van der Waals surface area contributed by atoms with E-state index in [-0.39, 0.29) is 5.75 Å². The SMILES string of the molecule is N=Nc1c(NN)c2cc(O)ccc2c2ccccc12. The highest BCUT2D eigenvalue weighted by Crippen LogP contribution is 2.42. The highest BCUT2D eigenvalue weighted by atomic mass is 16.3. The molecule has 0 heterocycles. The van der Waals surface area contributed by atoms with Gasteiger partial charge in [-0.3, -0.25) is 5.84 Å². The van der Waals surface area contributed by atoms with Crippen molar-refractivity contribution in [3.05, 3.63) is 42.5 Å². The van der Waals surface area contributed by atoms with E-state index < -0.39 is 0 Å². The molecule has 5 nitrogen and oxygen atoms in total. The molecule has 0 atom stereocenters. The van der Waals surface area contributed by atoms with Gasteiger partial charge in [-0.1, -0.05) is 30.3 Å². The average molecular weight is 252 g/mol. The molecule has 0 aliphatic heterocycles. The van der Waals surface area contributed by atoms with Gasteiger partial charge in [0.15, 0.2) is 0 Å². The molecule has 0 radical (unpaired) electrons. The second-order valence-corrected chi connectivity index (χ2v) is 4.26. The summed E-state index contributed by atoms with van der Waals surface area (Å²) in [5.41, 5.74) is 11.0. The third kappa shape index (κ3) is 1.60. The highest BCUT2D eigenvalue weighted by molar-refractivity contribution is 6.19. The Morgan fingerprint density at radius 1 is 1.00 bits per heavy atom. The van der Waals surface area contributed by atoms with E-state index in [1.54, 1.807) is 12.1 Å². The highest BCUT2D eigenvalue weighted by Gasteiger charge is 2.13. The third-order valence-electron chi connectivity index (χ3n) is 3.24. The lowest BCUT2D eigenvalue weighted by Gasteiger charge is -2.13. The van der Waals surface area contributed by atoms with Crippen molar-refractivity contribution in [2.75, 3.05) is 5.43 Å². The number of hydrogen-bond donors (Lipinski definition) is 4. The van der Waals surface area contributed by atoms with Crippen LogP contribution >= 0.6 is 0 Å². The number of nitrogens with two attached hydrogens (primary N) is 1. The lowest BCUT2D eigenvalue weighted by molar-refractivity contribution is 0.476. The van der Waals surface area contributed by atoms with E-state index in [2.05, 4.69) is 10.5 Å². The average Bonchev–Trinajstić information content (AvgIpc) is 2.45. The number of anilines is 1. The topological polar surface area (TPSA) is 94.5 Å². The molecule has 3 rings (SSSR count). The molecule has 19 heavy (non-hydrogen) atoms. The van der Waals surface area contributed by atoms with Crippen LogP contribution in [0.4, 0.5) is 11.4 Å². The van der Waals surface area contributed by atoms with Gasteiger partial charge in [-0.2, -0.15) is 5.11 Å². The second-order valence-electron chi connectivity index (χ2n) is 4.26. The largest absolute Gasteiger partial charge is 0.508 e. The van der Waals surface area contributed by atoms with Gasteiger partial charge in [0, 0.05) is 10.8 Å². The van der Waals surface area contributed by atoms with Crippen LogP contribution in [0.25, 0.3) is 21.5 Å². The van der Waals surface area contributed by atoms with Crippen molar-refractivity contribution in [2.24, 2.45) is 11.0 Å². The number of hydrogen-bond acceptors (Lipinski definition) is 5. The fourth-order valence-corrected chi connectivity index (χ4v) is 2.42. The van der Waals surface area contributed by atoms with Crippen molar-refractivity contribution in [1.29, 1.82) is 5.53 Å². The molecule has 0 spiro atoms. The Morgan fingerprint density at radius 3 is 2.37 bits per heavy atom. The summed E-state index contributed by atoms with van der Waals surface area (Å²) in [4.78, 5) is 0. The molecule has 0 fully saturated rings. The minimum Gasteiger partial charge on any atom is -0.508 e. The van der Waals surface area contributed by atoms with Crippen molar-refractivity contribution >= 4 is 32.9 Å². The minimum absolute atomic E-state index is 0.148. The zero-order valence-electron chi connectivity index (χ0n) is 10.0. The first-order valence-corrected chi connectivity index (χ1v) is 5.77. The van der Waals surface area contributed by atoms with Crippen molar-refractivity contribution < 1.29 is 5.11 Å². The van der Waals surface area contributed by atoms with Crippen LogP contribution in [0.3, 0.4) is 0 Å². The number of benzene rings is 3. The van der Waals surface area contributed by atoms with Gasteiger partial charge in [-0.05, 0) is 22.9 Å². The van der Waals surface area contributed by atoms with E-state index in [1.807, 2.05) is 30.3 Å². The smallest absolute Gasteiger partial charge is 0.118 e. The van der Waals surface area contributed by atoms with Crippen LogP contribution in [0.2, 0.25) is 0 Å². The molecule has 3 aromatic carbocycles. The van der Waals surface area contributed by atoms with E-state index in [1.165, 1.54) is 0 Å². The standard InChI is InChI=1S/C14H12N4O/c15-17-13-11-4-2-1-3-9(11)10-6-5-8(19)7-12(10)14(13)18-16/h1-7,15,18-19H,16H2. The minimum atomic E-state index is 0.148. The summed E-state index contributed by atoms with van der Waals surface area (Å²) >= 11 is 0. The van der Waals surface area contributed by atoms with Gasteiger partial charge in [-0.25, -0.2) is 5.53 Å². The molecule has 0 saturated heterocycles. The van der Waals surface area contributed by atoms with Crippen LogP contribution in [0.15, 0.2) is 47.6 Å². The van der Waals surface area contributed by atoms with Gasteiger partial charge in [-0.15, -0.1) is 0 Å². The Hall–Kier alpha value is -2.66. The molecule has 0 saturated carbocycles. The molecular formula is C14H12N4O. The first-order chi connectivity index (χ1) is 9.26. The summed E-state index contributed by atoms with van der Waals surface area (Å²) in [5.74, 6) is 5.71. The molecule has 0 aliphatic carbocycles. The summed E-state index contributed by atoms with van der Waals surface area (Å²) in [7, 11) is 0. The number of nitrogens with one attached hydrogen (secondary N) is 2. The molecule has 0 unspecified atom stereocenters. The Morgan fingerprint density at radius 2 is 1.68 bits per heavy atom. The van der Waals surface area contributed by atoms with Crippen LogP contribution in [0.1, 0.15) is 0 Å². The maximum atomic E-state index is 9.64. The first-order valence-electron chi connectivity index (χ1n) is 5.77. The maximum Gasteiger partial charge on any atom is 0.118 e. The quantitative estimate of drug-likeness (QED) is 0.243. The first kappa shape index (κ1) is 11.4. The van der Waals surface area contributed by atoms with E-state index in [4.69, 9.17) is 11.4 Å². The monoisotopic (exact) mass is 252 g/mol. The number of fused-ring (bicyclic) bond motifs is 3. The molecule has 94 valence electrons. The summed E-state index contributed by atoms with van der Waals surface area (Å²) in [5, 5.41) is 16.7. The Labute approximate surface area is 109 Å². The van der Waals surface area contributed by atoms with Gasteiger partial charge in [0.25, 0.3) is 0 Å². The van der Waals surface area contributed by atoms with Gasteiger partial charge >= 0.3 is 0 Å². The Balaban J connectivity index is 2.64. The zero-order valence-corrected chi connectivity index (χ0v) is 10.0. The van der Waals surface area contributed by atoms with Crippen LogP contribution in [0, 0.1) is 5.53 Å². The van der Waals surface area contributed by atoms with E-state index in [0.717, 1.165) is 21.5 Å². The summed E-state index contributed by atoms with van der Waals surface area (Å²) < 4.78 is 0. The number of nitrogen functional groups attached to an aromatic ring is 1. The van der Waals surface area contributed by atoms with Crippen LogP contribution in [0.5, 0.6) is 5.75 Å². The zero-order chi connectivity index (χ0) is 13.4. The number of aromatic hydroxyl groups is 1.